The third-order valence-corrected chi connectivity index (χ3v) is 2.85. The molecule has 0 aromatic rings. The molecule has 3 nitrogen and oxygen atoms in total. The Kier molecular flexibility index (Phi) is 6.32. The normalized spacial score (nSPS) is 14.9. The minimum atomic E-state index is -0.365. The second-order valence-corrected chi connectivity index (χ2v) is 5.04. The van der Waals surface area contributed by atoms with E-state index < -0.39 is 0 Å². The van der Waals surface area contributed by atoms with Gasteiger partial charge in [-0.1, -0.05) is 0 Å². The van der Waals surface area contributed by atoms with Gasteiger partial charge in [0.1, 0.15) is 0 Å². The van der Waals surface area contributed by atoms with E-state index in [-0.39, 0.29) is 17.3 Å². The molecule has 0 aromatic heterocycles. The molecule has 0 heterocycles. The van der Waals surface area contributed by atoms with Crippen LogP contribution < -0.4 is 0 Å². The molecule has 0 N–H and O–H groups in total. The molecule has 85 valence electrons. The fraction of sp³-hybridized carbons (Fsp3) is 0.727. The van der Waals surface area contributed by atoms with Crippen LogP contribution in [-0.4, -0.2) is 38.0 Å². The maximum absolute atomic E-state index is 11.8. The molecule has 0 aromatic carbocycles. The van der Waals surface area contributed by atoms with Gasteiger partial charge in [0.15, 0.2) is 0 Å². The first-order valence-electron chi connectivity index (χ1n) is 5.07. The predicted molar refractivity (Wildman–Crippen MR) is 61.9 cm³/mol. The van der Waals surface area contributed by atoms with Gasteiger partial charge in [-0.15, -0.1) is 0 Å². The van der Waals surface area contributed by atoms with E-state index in [1.807, 2.05) is 27.7 Å². The van der Waals surface area contributed by atoms with Crippen molar-refractivity contribution in [3.8, 4) is 0 Å². The van der Waals surface area contributed by atoms with Crippen molar-refractivity contribution in [2.24, 2.45) is 5.41 Å². The van der Waals surface area contributed by atoms with Crippen LogP contribution in [0.25, 0.3) is 0 Å². The van der Waals surface area contributed by atoms with Crippen LogP contribution >= 0.6 is 0 Å². The number of methoxy groups -OCH3 is 1. The van der Waals surface area contributed by atoms with Crippen molar-refractivity contribution in [1.82, 2.24) is 0 Å². The number of allylic oxidation sites excluding steroid dienone is 1. The first kappa shape index (κ1) is 14.8. The van der Waals surface area contributed by atoms with Crippen LogP contribution in [0.5, 0.6) is 0 Å². The van der Waals surface area contributed by atoms with E-state index >= 15 is 0 Å². The number of ketones is 1. The molecular formula is C11H20GaO3. The number of carbonyl (C=O) groups excluding carboxylic acids is 1. The summed E-state index contributed by atoms with van der Waals surface area (Å²) in [7, 11) is 1.63. The average Bonchev–Trinajstić information content (AvgIpc) is 2.16. The Morgan fingerprint density at radius 2 is 2.00 bits per heavy atom. The van der Waals surface area contributed by atoms with E-state index in [2.05, 4.69) is 0 Å². The molecule has 0 aliphatic carbocycles. The Morgan fingerprint density at radius 1 is 1.47 bits per heavy atom. The van der Waals surface area contributed by atoms with Crippen LogP contribution in [0.2, 0.25) is 0 Å². The van der Waals surface area contributed by atoms with Crippen LogP contribution in [0, 0.1) is 5.41 Å². The van der Waals surface area contributed by atoms with Crippen molar-refractivity contribution in [1.29, 1.82) is 0 Å². The fourth-order valence-corrected chi connectivity index (χ4v) is 1.62. The molecule has 4 heteroatoms. The van der Waals surface area contributed by atoms with Crippen LogP contribution in [0.4, 0.5) is 0 Å². The minimum absolute atomic E-state index is 0.0708. The van der Waals surface area contributed by atoms with Gasteiger partial charge in [-0.2, -0.15) is 0 Å². The summed E-state index contributed by atoms with van der Waals surface area (Å²) in [4.78, 5) is 11.8. The Labute approximate surface area is 103 Å². The Balaban J connectivity index is 4.80. The van der Waals surface area contributed by atoms with E-state index in [0.717, 1.165) is 6.42 Å². The first-order valence-corrected chi connectivity index (χ1v) is 6.28. The average molecular weight is 270 g/mol. The van der Waals surface area contributed by atoms with Gasteiger partial charge in [-0.3, -0.25) is 0 Å². The molecule has 0 aliphatic heterocycles. The van der Waals surface area contributed by atoms with Crippen molar-refractivity contribution in [3.63, 3.8) is 0 Å². The van der Waals surface area contributed by atoms with Crippen LogP contribution in [-0.2, 0) is 13.1 Å². The molecule has 0 fully saturated rings. The SMILES string of the molecule is CCC(OC)C(=CC(=O)C(C)(C)C)[O][GaH]. The summed E-state index contributed by atoms with van der Waals surface area (Å²) in [5, 5.41) is 0. The molecule has 1 radical (unpaired) electrons. The number of hydrogen-bond acceptors (Lipinski definition) is 3. The van der Waals surface area contributed by atoms with E-state index in [1.165, 1.54) is 0 Å². The molecule has 0 rings (SSSR count). The fourth-order valence-electron chi connectivity index (χ4n) is 1.06. The molecule has 1 unspecified atom stereocenters. The van der Waals surface area contributed by atoms with Crippen molar-refractivity contribution in [3.05, 3.63) is 11.8 Å². The van der Waals surface area contributed by atoms with Crippen molar-refractivity contribution >= 4 is 24.7 Å². The Morgan fingerprint density at radius 3 is 2.27 bits per heavy atom. The summed E-state index contributed by atoms with van der Waals surface area (Å²) in [6, 6.07) is 0. The summed E-state index contributed by atoms with van der Waals surface area (Å²) in [6.45, 7) is 7.68. The zero-order chi connectivity index (χ0) is 12.1. The predicted octanol–water partition coefficient (Wildman–Crippen LogP) is 1.74. The van der Waals surface area contributed by atoms with Gasteiger partial charge in [-0.25, -0.2) is 0 Å². The molecule has 0 amide bonds. The van der Waals surface area contributed by atoms with Crippen LogP contribution in [0.3, 0.4) is 0 Å². The van der Waals surface area contributed by atoms with E-state index in [4.69, 9.17) is 8.27 Å². The first-order chi connectivity index (χ1) is 6.86. The van der Waals surface area contributed by atoms with Crippen molar-refractivity contribution in [2.45, 2.75) is 40.2 Å². The number of rotatable bonds is 5. The van der Waals surface area contributed by atoms with E-state index in [0.29, 0.717) is 24.7 Å². The maximum atomic E-state index is 11.8. The molecule has 0 spiro atoms. The van der Waals surface area contributed by atoms with Crippen molar-refractivity contribution < 1.29 is 13.1 Å². The van der Waals surface area contributed by atoms with Gasteiger partial charge in [0, 0.05) is 0 Å². The molecule has 0 bridgehead atoms. The summed E-state index contributed by atoms with van der Waals surface area (Å²) < 4.78 is 10.5. The molecule has 0 saturated heterocycles. The van der Waals surface area contributed by atoms with Crippen LogP contribution in [0.1, 0.15) is 34.1 Å². The number of hydrogen-bond donors (Lipinski definition) is 0. The van der Waals surface area contributed by atoms with Gasteiger partial charge < -0.3 is 0 Å². The zero-order valence-corrected chi connectivity index (χ0v) is 13.3. The third kappa shape index (κ3) is 4.91. The third-order valence-electron chi connectivity index (χ3n) is 2.15. The van der Waals surface area contributed by atoms with Gasteiger partial charge in [0.25, 0.3) is 0 Å². The zero-order valence-electron chi connectivity index (χ0n) is 10.3. The van der Waals surface area contributed by atoms with Crippen LogP contribution in [0.15, 0.2) is 11.8 Å². The molecule has 0 saturated carbocycles. The summed E-state index contributed by atoms with van der Waals surface area (Å²) in [6.07, 6.45) is 2.27. The second kappa shape index (κ2) is 6.40. The Hall–Kier alpha value is -0.194. The monoisotopic (exact) mass is 269 g/mol. The van der Waals surface area contributed by atoms with Gasteiger partial charge in [-0.05, 0) is 0 Å². The molecule has 1 atom stereocenters. The standard InChI is InChI=1S/C11H20O3.Ga.H/c1-6-9(14-5)8(12)7-10(13)11(2,3)4;;/h7,9,12H,6H2,1-5H3;;/q;+1;/p-1. The van der Waals surface area contributed by atoms with Gasteiger partial charge in [0.05, 0.1) is 0 Å². The van der Waals surface area contributed by atoms with Gasteiger partial charge >= 0.3 is 102 Å². The van der Waals surface area contributed by atoms with E-state index in [9.17, 15) is 4.79 Å². The second-order valence-electron chi connectivity index (χ2n) is 4.44. The summed E-state index contributed by atoms with van der Waals surface area (Å²) in [5.41, 5.74) is -0.365. The number of ether oxygens (including phenoxy) is 1. The van der Waals surface area contributed by atoms with E-state index in [1.54, 1.807) is 13.2 Å². The van der Waals surface area contributed by atoms with Gasteiger partial charge in [0.2, 0.25) is 0 Å². The topological polar surface area (TPSA) is 35.5 Å². The molecule has 0 aliphatic rings. The summed E-state index contributed by atoms with van der Waals surface area (Å²) in [5.74, 6) is 0.723. The quantitative estimate of drug-likeness (QED) is 0.433. The summed E-state index contributed by atoms with van der Waals surface area (Å²) >= 11 is 0.670. The number of carbonyl (C=O) groups is 1. The van der Waals surface area contributed by atoms with Crippen molar-refractivity contribution in [2.75, 3.05) is 7.11 Å². The molecule has 15 heavy (non-hydrogen) atoms. The Bertz CT molecular complexity index is 237. The molecular weight excluding hydrogens is 250 g/mol.